The zero-order valence-corrected chi connectivity index (χ0v) is 19.5. The molecule has 1 aliphatic carbocycles. The summed E-state index contributed by atoms with van der Waals surface area (Å²) in [5.41, 5.74) is 2.38. The first-order valence-corrected chi connectivity index (χ1v) is 11.3. The smallest absolute Gasteiger partial charge is 0.256 e. The van der Waals surface area contributed by atoms with Crippen LogP contribution in [0.25, 0.3) is 0 Å². The number of hydrogen-bond donors (Lipinski definition) is 0. The van der Waals surface area contributed by atoms with E-state index in [9.17, 15) is 9.59 Å². The Bertz CT molecular complexity index is 803. The average molecular weight is 448 g/mol. The standard InChI is InChI=1S/C24H33N3O3.ClH/c1-18-19(2)24(29)27(23(18)28)13-7-12-25-14-16-26(17-15-25)21-10-5-6-11-22(21)30-20-8-3-4-9-20;/h5-6,10-11,20H,3-4,7-9,12-17H2,1-2H3;1H. The zero-order valence-electron chi connectivity index (χ0n) is 18.6. The van der Waals surface area contributed by atoms with E-state index in [-0.39, 0.29) is 24.2 Å². The second-order valence-electron chi connectivity index (χ2n) is 8.69. The van der Waals surface area contributed by atoms with E-state index < -0.39 is 0 Å². The van der Waals surface area contributed by atoms with Gasteiger partial charge in [0.15, 0.2) is 0 Å². The van der Waals surface area contributed by atoms with E-state index in [2.05, 4.69) is 34.1 Å². The number of hydrogen-bond acceptors (Lipinski definition) is 5. The van der Waals surface area contributed by atoms with Gasteiger partial charge in [-0.25, -0.2) is 0 Å². The second kappa shape index (κ2) is 10.5. The highest BCUT2D eigenvalue weighted by molar-refractivity contribution is 6.18. The van der Waals surface area contributed by atoms with Gasteiger partial charge in [0.1, 0.15) is 5.75 Å². The third-order valence-electron chi connectivity index (χ3n) is 6.72. The van der Waals surface area contributed by atoms with Crippen molar-refractivity contribution in [2.75, 3.05) is 44.2 Å². The van der Waals surface area contributed by atoms with Gasteiger partial charge in [-0.05, 0) is 64.6 Å². The van der Waals surface area contributed by atoms with Crippen LogP contribution in [0.15, 0.2) is 35.4 Å². The Kier molecular flexibility index (Phi) is 8.00. The predicted octanol–water partition coefficient (Wildman–Crippen LogP) is 3.65. The Hall–Kier alpha value is -2.05. The van der Waals surface area contributed by atoms with Crippen molar-refractivity contribution in [2.24, 2.45) is 0 Å². The van der Waals surface area contributed by atoms with Gasteiger partial charge < -0.3 is 9.64 Å². The van der Waals surface area contributed by atoms with E-state index in [0.717, 1.165) is 44.9 Å². The number of amides is 2. The molecule has 0 spiro atoms. The molecule has 0 aromatic heterocycles. The number of imide groups is 1. The van der Waals surface area contributed by atoms with Crippen molar-refractivity contribution in [3.63, 3.8) is 0 Å². The van der Waals surface area contributed by atoms with Crippen molar-refractivity contribution < 1.29 is 14.3 Å². The Morgan fingerprint density at radius 3 is 2.16 bits per heavy atom. The molecule has 2 heterocycles. The van der Waals surface area contributed by atoms with Crippen molar-refractivity contribution in [1.29, 1.82) is 0 Å². The number of anilines is 1. The summed E-state index contributed by atoms with van der Waals surface area (Å²) in [6, 6.07) is 8.42. The Labute approximate surface area is 191 Å². The lowest BCUT2D eigenvalue weighted by atomic mass is 10.2. The van der Waals surface area contributed by atoms with Crippen LogP contribution in [-0.4, -0.2) is 67.0 Å². The van der Waals surface area contributed by atoms with Gasteiger partial charge in [-0.3, -0.25) is 19.4 Å². The van der Waals surface area contributed by atoms with Crippen LogP contribution in [0.1, 0.15) is 46.0 Å². The fourth-order valence-corrected chi connectivity index (χ4v) is 4.69. The summed E-state index contributed by atoms with van der Waals surface area (Å²) >= 11 is 0. The number of carbonyl (C=O) groups excluding carboxylic acids is 2. The maximum Gasteiger partial charge on any atom is 0.256 e. The average Bonchev–Trinajstić information content (AvgIpc) is 3.34. The molecule has 1 saturated carbocycles. The first-order chi connectivity index (χ1) is 14.5. The normalized spacial score (nSPS) is 20.6. The molecule has 7 heteroatoms. The number of benzene rings is 1. The van der Waals surface area contributed by atoms with E-state index in [1.807, 2.05) is 0 Å². The summed E-state index contributed by atoms with van der Waals surface area (Å²) in [7, 11) is 0. The number of rotatable bonds is 7. The van der Waals surface area contributed by atoms with E-state index in [1.165, 1.54) is 36.3 Å². The monoisotopic (exact) mass is 447 g/mol. The summed E-state index contributed by atoms with van der Waals surface area (Å²) in [5, 5.41) is 0. The summed E-state index contributed by atoms with van der Waals surface area (Å²) in [6.45, 7) is 8.78. The van der Waals surface area contributed by atoms with Gasteiger partial charge in [-0.1, -0.05) is 12.1 Å². The number of para-hydroxylation sites is 2. The Balaban J connectivity index is 0.00000272. The van der Waals surface area contributed by atoms with Crippen LogP contribution in [0.2, 0.25) is 0 Å². The molecule has 1 aromatic rings. The van der Waals surface area contributed by atoms with Crippen molar-refractivity contribution in [3.8, 4) is 5.75 Å². The topological polar surface area (TPSA) is 53.1 Å². The lowest BCUT2D eigenvalue weighted by Gasteiger charge is -2.37. The first-order valence-electron chi connectivity index (χ1n) is 11.3. The number of ether oxygens (including phenoxy) is 1. The summed E-state index contributed by atoms with van der Waals surface area (Å²) in [6.07, 6.45) is 6.06. The molecule has 3 aliphatic rings. The second-order valence-corrected chi connectivity index (χ2v) is 8.69. The number of nitrogens with zero attached hydrogens (tertiary/aromatic N) is 3. The van der Waals surface area contributed by atoms with Crippen molar-refractivity contribution in [3.05, 3.63) is 35.4 Å². The van der Waals surface area contributed by atoms with Crippen molar-refractivity contribution in [1.82, 2.24) is 9.80 Å². The van der Waals surface area contributed by atoms with Gasteiger partial charge in [0, 0.05) is 43.9 Å². The van der Waals surface area contributed by atoms with Gasteiger partial charge in [0.2, 0.25) is 0 Å². The Morgan fingerprint density at radius 1 is 0.903 bits per heavy atom. The highest BCUT2D eigenvalue weighted by atomic mass is 35.5. The molecule has 0 radical (unpaired) electrons. The van der Waals surface area contributed by atoms with E-state index >= 15 is 0 Å². The van der Waals surface area contributed by atoms with Gasteiger partial charge in [0.25, 0.3) is 11.8 Å². The lowest BCUT2D eigenvalue weighted by Crippen LogP contribution is -2.47. The molecule has 31 heavy (non-hydrogen) atoms. The number of halogens is 1. The molecule has 0 N–H and O–H groups in total. The van der Waals surface area contributed by atoms with Crippen molar-refractivity contribution in [2.45, 2.75) is 52.1 Å². The fraction of sp³-hybridized carbons (Fsp3) is 0.583. The molecule has 0 atom stereocenters. The van der Waals surface area contributed by atoms with Crippen LogP contribution in [0.3, 0.4) is 0 Å². The molecule has 170 valence electrons. The minimum atomic E-state index is -0.124. The molecular formula is C24H34ClN3O3. The third kappa shape index (κ3) is 5.24. The fourth-order valence-electron chi connectivity index (χ4n) is 4.69. The molecule has 2 aliphatic heterocycles. The maximum atomic E-state index is 12.2. The van der Waals surface area contributed by atoms with Gasteiger partial charge >= 0.3 is 0 Å². The molecule has 0 bridgehead atoms. The lowest BCUT2D eigenvalue weighted by molar-refractivity contribution is -0.137. The minimum absolute atomic E-state index is 0. The SMILES string of the molecule is CC1=C(C)C(=O)N(CCCN2CCN(c3ccccc3OC3CCCC3)CC2)C1=O.Cl. The molecule has 0 unspecified atom stereocenters. The zero-order chi connectivity index (χ0) is 21.1. The summed E-state index contributed by atoms with van der Waals surface area (Å²) in [4.78, 5) is 30.6. The van der Waals surface area contributed by atoms with E-state index in [0.29, 0.717) is 23.8 Å². The molecule has 6 nitrogen and oxygen atoms in total. The molecule has 2 amide bonds. The summed E-state index contributed by atoms with van der Waals surface area (Å²) in [5.74, 6) is 0.768. The molecular weight excluding hydrogens is 414 g/mol. The number of piperazine rings is 1. The quantitative estimate of drug-likeness (QED) is 0.597. The molecule has 1 aromatic carbocycles. The number of carbonyl (C=O) groups is 2. The highest BCUT2D eigenvalue weighted by Gasteiger charge is 2.32. The van der Waals surface area contributed by atoms with Crippen molar-refractivity contribution >= 4 is 29.9 Å². The largest absolute Gasteiger partial charge is 0.488 e. The summed E-state index contributed by atoms with van der Waals surface area (Å²) < 4.78 is 6.32. The first kappa shape index (κ1) is 23.6. The molecule has 4 rings (SSSR count). The molecule has 2 fully saturated rings. The minimum Gasteiger partial charge on any atom is -0.488 e. The third-order valence-corrected chi connectivity index (χ3v) is 6.72. The van der Waals surface area contributed by atoms with E-state index in [1.54, 1.807) is 13.8 Å². The van der Waals surface area contributed by atoms with Crippen LogP contribution in [0.5, 0.6) is 5.75 Å². The predicted molar refractivity (Wildman–Crippen MR) is 125 cm³/mol. The van der Waals surface area contributed by atoms with Gasteiger partial charge in [-0.2, -0.15) is 0 Å². The van der Waals surface area contributed by atoms with Crippen LogP contribution in [-0.2, 0) is 9.59 Å². The Morgan fingerprint density at radius 2 is 1.52 bits per heavy atom. The van der Waals surface area contributed by atoms with Gasteiger partial charge in [-0.15, -0.1) is 12.4 Å². The maximum absolute atomic E-state index is 12.2. The van der Waals surface area contributed by atoms with Gasteiger partial charge in [0.05, 0.1) is 11.8 Å². The molecule has 1 saturated heterocycles. The van der Waals surface area contributed by atoms with Crippen LogP contribution in [0.4, 0.5) is 5.69 Å². The van der Waals surface area contributed by atoms with Crippen LogP contribution in [0, 0.1) is 0 Å². The van der Waals surface area contributed by atoms with Crippen LogP contribution >= 0.6 is 12.4 Å². The van der Waals surface area contributed by atoms with Crippen LogP contribution < -0.4 is 9.64 Å². The highest BCUT2D eigenvalue weighted by Crippen LogP contribution is 2.32. The van der Waals surface area contributed by atoms with E-state index in [4.69, 9.17) is 4.74 Å².